The zero-order valence-electron chi connectivity index (χ0n) is 12.7. The predicted molar refractivity (Wildman–Crippen MR) is 84.1 cm³/mol. The number of carbonyl (C=O) groups is 1. The molecule has 1 amide bonds. The summed E-state index contributed by atoms with van der Waals surface area (Å²) in [5, 5.41) is 0. The summed E-state index contributed by atoms with van der Waals surface area (Å²) in [4.78, 5) is 14.6. The van der Waals surface area contributed by atoms with Gasteiger partial charge in [0.15, 0.2) is 0 Å². The quantitative estimate of drug-likeness (QED) is 0.846. The lowest BCUT2D eigenvalue weighted by molar-refractivity contribution is -0.0498. The van der Waals surface area contributed by atoms with Gasteiger partial charge in [-0.1, -0.05) is 24.3 Å². The van der Waals surface area contributed by atoms with Crippen LogP contribution >= 0.6 is 0 Å². The molecule has 1 heterocycles. The lowest BCUT2D eigenvalue weighted by Crippen LogP contribution is -2.42. The summed E-state index contributed by atoms with van der Waals surface area (Å²) in [7, 11) is 0. The van der Waals surface area contributed by atoms with Gasteiger partial charge in [-0.25, -0.2) is 0 Å². The van der Waals surface area contributed by atoms with E-state index >= 15 is 0 Å². The Balaban J connectivity index is 1.94. The first-order chi connectivity index (χ1) is 11.1. The Morgan fingerprint density at radius 2 is 2.00 bits per heavy atom. The number of hydrogen-bond acceptors (Lipinski definition) is 2. The molecule has 0 fully saturated rings. The Morgan fingerprint density at radius 3 is 2.78 bits per heavy atom. The van der Waals surface area contributed by atoms with Crippen molar-refractivity contribution in [2.75, 3.05) is 4.90 Å². The summed E-state index contributed by atoms with van der Waals surface area (Å²) in [5.74, 6) is -0.215. The molecule has 5 heteroatoms. The number of carbonyl (C=O) groups excluding carboxylic acids is 1. The van der Waals surface area contributed by atoms with Crippen LogP contribution < -0.4 is 9.64 Å². The van der Waals surface area contributed by atoms with Crippen LogP contribution in [-0.2, 0) is 6.42 Å². The first-order valence-electron chi connectivity index (χ1n) is 7.52. The van der Waals surface area contributed by atoms with Crippen molar-refractivity contribution in [2.45, 2.75) is 32.4 Å². The van der Waals surface area contributed by atoms with Gasteiger partial charge in [-0.3, -0.25) is 4.79 Å². The molecule has 23 heavy (non-hydrogen) atoms. The molecule has 1 atom stereocenters. The Bertz CT molecular complexity index is 718. The topological polar surface area (TPSA) is 29.5 Å². The highest BCUT2D eigenvalue weighted by Gasteiger charge is 2.28. The number of anilines is 1. The molecular weight excluding hydrogens is 300 g/mol. The van der Waals surface area contributed by atoms with Crippen molar-refractivity contribution in [3.05, 3.63) is 59.7 Å². The minimum absolute atomic E-state index is 0.0104. The smallest absolute Gasteiger partial charge is 0.387 e. The summed E-state index contributed by atoms with van der Waals surface area (Å²) >= 11 is 0. The summed E-state index contributed by atoms with van der Waals surface area (Å²) < 4.78 is 29.1. The third-order valence-corrected chi connectivity index (χ3v) is 4.05. The van der Waals surface area contributed by atoms with Gasteiger partial charge in [0.05, 0.1) is 0 Å². The Labute approximate surface area is 133 Å². The monoisotopic (exact) mass is 317 g/mol. The van der Waals surface area contributed by atoms with Gasteiger partial charge in [-0.2, -0.15) is 8.78 Å². The Kier molecular flexibility index (Phi) is 4.28. The summed E-state index contributed by atoms with van der Waals surface area (Å²) in [6, 6.07) is 13.8. The van der Waals surface area contributed by atoms with Crippen molar-refractivity contribution in [3.63, 3.8) is 0 Å². The predicted octanol–water partition coefficient (Wildman–Crippen LogP) is 4.27. The molecule has 0 N–H and O–H groups in total. The van der Waals surface area contributed by atoms with Crippen LogP contribution in [0, 0.1) is 0 Å². The van der Waals surface area contributed by atoms with Gasteiger partial charge in [0.25, 0.3) is 5.91 Å². The SMILES string of the molecule is CC1CCc2ccccc2N1C(=O)c1cccc(OC(F)F)c1. The maximum Gasteiger partial charge on any atom is 0.387 e. The number of ether oxygens (including phenoxy) is 1. The normalized spacial score (nSPS) is 17.0. The van der Waals surface area contributed by atoms with Gasteiger partial charge < -0.3 is 9.64 Å². The van der Waals surface area contributed by atoms with Crippen LogP contribution in [0.4, 0.5) is 14.5 Å². The molecule has 120 valence electrons. The summed E-state index contributed by atoms with van der Waals surface area (Å²) in [6.45, 7) is -0.914. The fourth-order valence-corrected chi connectivity index (χ4v) is 2.94. The van der Waals surface area contributed by atoms with E-state index in [2.05, 4.69) is 4.74 Å². The highest BCUT2D eigenvalue weighted by Crippen LogP contribution is 2.32. The largest absolute Gasteiger partial charge is 0.435 e. The number of hydrogen-bond donors (Lipinski definition) is 0. The minimum Gasteiger partial charge on any atom is -0.435 e. The van der Waals surface area contributed by atoms with Crippen LogP contribution in [0.25, 0.3) is 0 Å². The number of fused-ring (bicyclic) bond motifs is 1. The standard InChI is InChI=1S/C18H17F2NO2/c1-12-9-10-13-5-2-3-8-16(13)21(12)17(22)14-6-4-7-15(11-14)23-18(19)20/h2-8,11-12,18H,9-10H2,1H3. The zero-order chi connectivity index (χ0) is 16.4. The number of halogens is 2. The lowest BCUT2D eigenvalue weighted by Gasteiger charge is -2.35. The van der Waals surface area contributed by atoms with E-state index in [0.29, 0.717) is 5.56 Å². The highest BCUT2D eigenvalue weighted by molar-refractivity contribution is 6.07. The maximum atomic E-state index is 12.9. The molecule has 0 aliphatic carbocycles. The minimum atomic E-state index is -2.91. The van der Waals surface area contributed by atoms with E-state index in [1.165, 1.54) is 12.1 Å². The Morgan fingerprint density at radius 1 is 1.22 bits per heavy atom. The zero-order valence-corrected chi connectivity index (χ0v) is 12.7. The number of benzene rings is 2. The average molecular weight is 317 g/mol. The fourth-order valence-electron chi connectivity index (χ4n) is 2.94. The lowest BCUT2D eigenvalue weighted by atomic mass is 9.95. The van der Waals surface area contributed by atoms with Crippen molar-refractivity contribution in [2.24, 2.45) is 0 Å². The van der Waals surface area contributed by atoms with Crippen LogP contribution in [-0.4, -0.2) is 18.6 Å². The number of amides is 1. The van der Waals surface area contributed by atoms with E-state index in [9.17, 15) is 13.6 Å². The molecule has 0 aromatic heterocycles. The van der Waals surface area contributed by atoms with Crippen LogP contribution in [0.1, 0.15) is 29.3 Å². The maximum absolute atomic E-state index is 12.9. The van der Waals surface area contributed by atoms with E-state index in [-0.39, 0.29) is 17.7 Å². The number of nitrogens with zero attached hydrogens (tertiary/aromatic N) is 1. The average Bonchev–Trinajstić information content (AvgIpc) is 2.54. The van der Waals surface area contributed by atoms with Crippen molar-refractivity contribution in [1.82, 2.24) is 0 Å². The molecule has 0 bridgehead atoms. The van der Waals surface area contributed by atoms with Gasteiger partial charge >= 0.3 is 6.61 Å². The molecule has 3 nitrogen and oxygen atoms in total. The molecule has 1 unspecified atom stereocenters. The number of aryl methyl sites for hydroxylation is 1. The van der Waals surface area contributed by atoms with Crippen LogP contribution in [0.15, 0.2) is 48.5 Å². The summed E-state index contributed by atoms with van der Waals surface area (Å²) in [5.41, 5.74) is 2.35. The van der Waals surface area contributed by atoms with E-state index in [1.54, 1.807) is 17.0 Å². The first-order valence-corrected chi connectivity index (χ1v) is 7.52. The Hall–Kier alpha value is -2.43. The van der Waals surface area contributed by atoms with Crippen LogP contribution in [0.2, 0.25) is 0 Å². The molecular formula is C18H17F2NO2. The number of para-hydroxylation sites is 1. The van der Waals surface area contributed by atoms with Gasteiger partial charge in [0.1, 0.15) is 5.75 Å². The van der Waals surface area contributed by atoms with E-state index in [4.69, 9.17) is 0 Å². The molecule has 2 aromatic rings. The molecule has 1 aliphatic rings. The van der Waals surface area contributed by atoms with Crippen molar-refractivity contribution in [1.29, 1.82) is 0 Å². The van der Waals surface area contributed by atoms with Crippen LogP contribution in [0.3, 0.4) is 0 Å². The summed E-state index contributed by atoms with van der Waals surface area (Å²) in [6.07, 6.45) is 1.80. The second-order valence-corrected chi connectivity index (χ2v) is 5.60. The van der Waals surface area contributed by atoms with E-state index in [1.807, 2.05) is 31.2 Å². The van der Waals surface area contributed by atoms with Gasteiger partial charge in [-0.05, 0) is 49.6 Å². The second-order valence-electron chi connectivity index (χ2n) is 5.60. The molecule has 0 saturated carbocycles. The van der Waals surface area contributed by atoms with Gasteiger partial charge in [-0.15, -0.1) is 0 Å². The number of alkyl halides is 2. The third kappa shape index (κ3) is 3.18. The highest BCUT2D eigenvalue weighted by atomic mass is 19.3. The molecule has 3 rings (SSSR count). The molecule has 1 aliphatic heterocycles. The molecule has 0 radical (unpaired) electrons. The van der Waals surface area contributed by atoms with Crippen molar-refractivity contribution < 1.29 is 18.3 Å². The van der Waals surface area contributed by atoms with Gasteiger partial charge in [0, 0.05) is 17.3 Å². The molecule has 2 aromatic carbocycles. The van der Waals surface area contributed by atoms with Crippen molar-refractivity contribution in [3.8, 4) is 5.75 Å². The third-order valence-electron chi connectivity index (χ3n) is 4.05. The number of rotatable bonds is 3. The van der Waals surface area contributed by atoms with Crippen LogP contribution in [0.5, 0.6) is 5.75 Å². The fraction of sp³-hybridized carbons (Fsp3) is 0.278. The second kappa shape index (κ2) is 6.36. The molecule has 0 spiro atoms. The molecule has 0 saturated heterocycles. The van der Waals surface area contributed by atoms with Crippen molar-refractivity contribution >= 4 is 11.6 Å². The first kappa shape index (κ1) is 15.5. The van der Waals surface area contributed by atoms with Gasteiger partial charge in [0.2, 0.25) is 0 Å². The van der Waals surface area contributed by atoms with E-state index < -0.39 is 6.61 Å². The van der Waals surface area contributed by atoms with E-state index in [0.717, 1.165) is 24.1 Å².